The number of Topliss-reactive ketones (excluding diaryl/α,β-unsaturated/α-hetero) is 1. The Balaban J connectivity index is 2.37. The van der Waals surface area contributed by atoms with Gasteiger partial charge in [-0.25, -0.2) is 4.79 Å². The first-order chi connectivity index (χ1) is 11.7. The van der Waals surface area contributed by atoms with E-state index in [-0.39, 0.29) is 11.3 Å². The van der Waals surface area contributed by atoms with E-state index in [4.69, 9.17) is 4.74 Å². The maximum atomic E-state index is 13.0. The van der Waals surface area contributed by atoms with Crippen molar-refractivity contribution in [1.82, 2.24) is 10.2 Å². The Morgan fingerprint density at radius 2 is 2.04 bits per heavy atom. The zero-order chi connectivity index (χ0) is 18.8. The minimum absolute atomic E-state index is 0.197. The molecule has 0 unspecified atom stereocenters. The number of hydrogen-bond donors (Lipinski definition) is 1. The van der Waals surface area contributed by atoms with Crippen molar-refractivity contribution in [2.45, 2.75) is 32.1 Å². The number of rotatable bonds is 5. The third-order valence-electron chi connectivity index (χ3n) is 4.49. The Hall–Kier alpha value is -2.09. The van der Waals surface area contributed by atoms with E-state index in [0.717, 1.165) is 12.1 Å². The van der Waals surface area contributed by atoms with Gasteiger partial charge < -0.3 is 15.0 Å². The van der Waals surface area contributed by atoms with Gasteiger partial charge in [0, 0.05) is 19.7 Å². The molecule has 2 rings (SSSR count). The highest BCUT2D eigenvalue weighted by Gasteiger charge is 2.43. The van der Waals surface area contributed by atoms with Crippen LogP contribution < -0.4 is 5.32 Å². The zero-order valence-electron chi connectivity index (χ0n) is 14.3. The molecule has 1 aliphatic heterocycles. The second-order valence-corrected chi connectivity index (χ2v) is 6.11. The van der Waals surface area contributed by atoms with E-state index in [2.05, 4.69) is 5.32 Å². The molecule has 1 aromatic rings. The molecule has 1 saturated heterocycles. The number of ketones is 1. The number of carbonyl (C=O) groups excluding carboxylic acids is 2. The lowest BCUT2D eigenvalue weighted by Crippen LogP contribution is -2.59. The van der Waals surface area contributed by atoms with E-state index in [1.807, 2.05) is 0 Å². The molecule has 0 spiro atoms. The van der Waals surface area contributed by atoms with Crippen LogP contribution in [0, 0.1) is 5.92 Å². The number of nitrogens with zero attached hydrogens (tertiary/aromatic N) is 1. The van der Waals surface area contributed by atoms with E-state index in [1.165, 1.54) is 31.1 Å². The Labute approximate surface area is 144 Å². The second kappa shape index (κ2) is 7.43. The first-order valence-corrected chi connectivity index (χ1v) is 7.90. The van der Waals surface area contributed by atoms with E-state index in [1.54, 1.807) is 6.92 Å². The summed E-state index contributed by atoms with van der Waals surface area (Å²) in [7, 11) is 1.50. The standard InChI is InChI=1S/C17H21F3N2O3/c1-10-14(11(2)23)15(21-16(24)22(10)7-8-25-3)12-5-4-6-13(9-12)17(18,19)20/h4-6,9-10,14-15H,7-8H2,1-3H3,(H,21,24)/t10-,14+,15+/m1/s1. The van der Waals surface area contributed by atoms with E-state index in [9.17, 15) is 22.8 Å². The molecule has 5 nitrogen and oxygen atoms in total. The summed E-state index contributed by atoms with van der Waals surface area (Å²) in [6.45, 7) is 3.70. The summed E-state index contributed by atoms with van der Waals surface area (Å²) in [6.07, 6.45) is -4.49. The molecule has 0 aliphatic carbocycles. The number of benzene rings is 1. The Morgan fingerprint density at radius 3 is 2.60 bits per heavy atom. The normalized spacial score (nSPS) is 24.2. The van der Waals surface area contributed by atoms with Gasteiger partial charge in [-0.15, -0.1) is 0 Å². The lowest BCUT2D eigenvalue weighted by Gasteiger charge is -2.43. The summed E-state index contributed by atoms with van der Waals surface area (Å²) >= 11 is 0. The topological polar surface area (TPSA) is 58.6 Å². The van der Waals surface area contributed by atoms with Crippen molar-refractivity contribution in [3.05, 3.63) is 35.4 Å². The fourth-order valence-corrected chi connectivity index (χ4v) is 3.23. The number of amides is 2. The molecule has 0 saturated carbocycles. The fourth-order valence-electron chi connectivity index (χ4n) is 3.23. The summed E-state index contributed by atoms with van der Waals surface area (Å²) in [5.74, 6) is -0.852. The summed E-state index contributed by atoms with van der Waals surface area (Å²) in [6, 6.07) is 3.03. The highest BCUT2D eigenvalue weighted by molar-refractivity contribution is 5.85. The molecule has 138 valence electrons. The largest absolute Gasteiger partial charge is 0.416 e. The number of nitrogens with one attached hydrogen (secondary N) is 1. The first kappa shape index (κ1) is 19.2. The maximum Gasteiger partial charge on any atom is 0.416 e. The number of alkyl halides is 3. The van der Waals surface area contributed by atoms with Crippen molar-refractivity contribution < 1.29 is 27.5 Å². The van der Waals surface area contributed by atoms with Crippen molar-refractivity contribution in [1.29, 1.82) is 0 Å². The Kier molecular flexibility index (Phi) is 5.72. The fraction of sp³-hybridized carbons (Fsp3) is 0.529. The lowest BCUT2D eigenvalue weighted by atomic mass is 9.82. The molecule has 1 N–H and O–H groups in total. The van der Waals surface area contributed by atoms with Crippen LogP contribution in [-0.4, -0.2) is 43.0 Å². The SMILES string of the molecule is COCCN1C(=O)N[C@@H](c2cccc(C(F)(F)F)c2)[C@H](C(C)=O)[C@H]1C. The highest BCUT2D eigenvalue weighted by atomic mass is 19.4. The van der Waals surface area contributed by atoms with E-state index >= 15 is 0 Å². The van der Waals surface area contributed by atoms with Crippen LogP contribution in [0.4, 0.5) is 18.0 Å². The van der Waals surface area contributed by atoms with Crippen LogP contribution in [0.5, 0.6) is 0 Å². The average molecular weight is 358 g/mol. The van der Waals surface area contributed by atoms with Gasteiger partial charge in [-0.2, -0.15) is 13.2 Å². The van der Waals surface area contributed by atoms with Crippen LogP contribution in [0.3, 0.4) is 0 Å². The van der Waals surface area contributed by atoms with Gasteiger partial charge in [0.05, 0.1) is 24.1 Å². The monoisotopic (exact) mass is 358 g/mol. The molecule has 0 aromatic heterocycles. The molecule has 0 bridgehead atoms. The number of ether oxygens (including phenoxy) is 1. The minimum atomic E-state index is -4.49. The van der Waals surface area contributed by atoms with Gasteiger partial charge in [-0.05, 0) is 31.5 Å². The molecule has 3 atom stereocenters. The molecular formula is C17H21F3N2O3. The van der Waals surface area contributed by atoms with Gasteiger partial charge in [0.2, 0.25) is 0 Å². The number of carbonyl (C=O) groups is 2. The van der Waals surface area contributed by atoms with Crippen molar-refractivity contribution in [2.75, 3.05) is 20.3 Å². The molecule has 1 fully saturated rings. The summed E-state index contributed by atoms with van der Waals surface area (Å²) in [5.41, 5.74) is -0.544. The van der Waals surface area contributed by atoms with Crippen molar-refractivity contribution in [3.63, 3.8) is 0 Å². The van der Waals surface area contributed by atoms with Crippen LogP contribution in [0.25, 0.3) is 0 Å². The summed E-state index contributed by atoms with van der Waals surface area (Å²) in [4.78, 5) is 26.0. The van der Waals surface area contributed by atoms with Crippen molar-refractivity contribution in [2.24, 2.45) is 5.92 Å². The van der Waals surface area contributed by atoms with Gasteiger partial charge in [-0.3, -0.25) is 4.79 Å². The average Bonchev–Trinajstić information content (AvgIpc) is 2.53. The van der Waals surface area contributed by atoms with Crippen LogP contribution in [-0.2, 0) is 15.7 Å². The molecule has 1 aliphatic rings. The predicted molar refractivity (Wildman–Crippen MR) is 84.9 cm³/mol. The quantitative estimate of drug-likeness (QED) is 0.880. The third-order valence-corrected chi connectivity index (χ3v) is 4.49. The Morgan fingerprint density at radius 1 is 1.36 bits per heavy atom. The van der Waals surface area contributed by atoms with Gasteiger partial charge in [-0.1, -0.05) is 12.1 Å². The first-order valence-electron chi connectivity index (χ1n) is 7.90. The number of halogens is 3. The van der Waals surface area contributed by atoms with E-state index in [0.29, 0.717) is 13.2 Å². The predicted octanol–water partition coefficient (Wildman–Crippen LogP) is 3.01. The van der Waals surface area contributed by atoms with Crippen LogP contribution in [0.15, 0.2) is 24.3 Å². The maximum absolute atomic E-state index is 13.0. The molecule has 0 radical (unpaired) electrons. The van der Waals surface area contributed by atoms with Gasteiger partial charge in [0.1, 0.15) is 5.78 Å². The zero-order valence-corrected chi connectivity index (χ0v) is 14.3. The molecule has 2 amide bonds. The summed E-state index contributed by atoms with van der Waals surface area (Å²) in [5, 5.41) is 2.68. The van der Waals surface area contributed by atoms with Crippen LogP contribution in [0.2, 0.25) is 0 Å². The lowest BCUT2D eigenvalue weighted by molar-refractivity contribution is -0.137. The van der Waals surface area contributed by atoms with Crippen LogP contribution in [0.1, 0.15) is 31.0 Å². The third kappa shape index (κ3) is 4.12. The number of methoxy groups -OCH3 is 1. The van der Waals surface area contributed by atoms with Gasteiger partial charge in [0.15, 0.2) is 0 Å². The molecular weight excluding hydrogens is 337 g/mol. The number of urea groups is 1. The van der Waals surface area contributed by atoms with Gasteiger partial charge in [0.25, 0.3) is 0 Å². The minimum Gasteiger partial charge on any atom is -0.383 e. The Bertz CT molecular complexity index is 648. The summed E-state index contributed by atoms with van der Waals surface area (Å²) < 4.78 is 43.9. The number of hydrogen-bond acceptors (Lipinski definition) is 3. The molecule has 1 aromatic carbocycles. The highest BCUT2D eigenvalue weighted by Crippen LogP contribution is 2.35. The van der Waals surface area contributed by atoms with Gasteiger partial charge >= 0.3 is 12.2 Å². The van der Waals surface area contributed by atoms with Crippen molar-refractivity contribution in [3.8, 4) is 0 Å². The van der Waals surface area contributed by atoms with E-state index < -0.39 is 35.8 Å². The smallest absolute Gasteiger partial charge is 0.383 e. The van der Waals surface area contributed by atoms with Crippen LogP contribution >= 0.6 is 0 Å². The molecule has 8 heteroatoms. The molecule has 25 heavy (non-hydrogen) atoms. The van der Waals surface area contributed by atoms with Crippen molar-refractivity contribution >= 4 is 11.8 Å². The second-order valence-electron chi connectivity index (χ2n) is 6.11. The molecule has 1 heterocycles.